The predicted molar refractivity (Wildman–Crippen MR) is 239 cm³/mol. The summed E-state index contributed by atoms with van der Waals surface area (Å²) < 4.78 is 44.3. The van der Waals surface area contributed by atoms with Crippen LogP contribution in [0.4, 0.5) is 0 Å². The third-order valence-electron chi connectivity index (χ3n) is 14.0. The first kappa shape index (κ1) is 54.2. The first-order chi connectivity index (χ1) is 29.9. The summed E-state index contributed by atoms with van der Waals surface area (Å²) in [6, 6.07) is 4.72. The number of carbonyl (C=O) groups excluding carboxylic acids is 2. The van der Waals surface area contributed by atoms with E-state index in [0.29, 0.717) is 26.1 Å². The van der Waals surface area contributed by atoms with Crippen molar-refractivity contribution in [3.05, 3.63) is 30.1 Å². The monoisotopic (exact) mass is 911 g/mol. The topological polar surface area (TPSA) is 211 Å². The molecule has 3 aliphatic heterocycles. The maximum atomic E-state index is 14.7. The van der Waals surface area contributed by atoms with Crippen LogP contribution in [0, 0.1) is 17.8 Å². The Kier molecular flexibility index (Phi) is 19.5. The Hall–Kier alpha value is -2.39. The molecule has 0 spiro atoms. The molecule has 0 radical (unpaired) electrons. The highest BCUT2D eigenvalue weighted by Crippen LogP contribution is 2.40. The number of hydrogen-bond donors (Lipinski definition) is 5. The SMILES string of the molecule is CC[C@H]1OC(=O)[C@H](C)[C@@H](O[C@H]2C[C@@](C)(OC)[C@@H](O)[C@H](C)O2)[C@H](C)[C@@H](O[C@@H]2O[C@H](C)C[C@H](N(C)C)[C@H]2O)[C@@](C)(O)C[C@@H](C)CN(C)[C@H](C)[C@@H](OC(=O)CCNCc2ccccn2)[C@]1(C)O. The van der Waals surface area contributed by atoms with Crippen molar-refractivity contribution in [3.63, 3.8) is 0 Å². The molecule has 3 aliphatic rings. The van der Waals surface area contributed by atoms with Gasteiger partial charge in [-0.15, -0.1) is 0 Å². The van der Waals surface area contributed by atoms with Gasteiger partial charge in [-0.3, -0.25) is 19.5 Å². The van der Waals surface area contributed by atoms with E-state index in [1.54, 1.807) is 40.8 Å². The van der Waals surface area contributed by atoms with E-state index in [1.807, 2.05) is 76.8 Å². The summed E-state index contributed by atoms with van der Waals surface area (Å²) in [7, 11) is 7.13. The molecule has 3 saturated heterocycles. The number of cyclic esters (lactones) is 1. The molecule has 0 saturated carbocycles. The number of likely N-dealkylation sites (N-methyl/N-ethyl adjacent to an activating group) is 2. The van der Waals surface area contributed by atoms with Crippen LogP contribution in [-0.2, 0) is 49.3 Å². The zero-order valence-electron chi connectivity index (χ0n) is 40.9. The molecule has 368 valence electrons. The first-order valence-corrected chi connectivity index (χ1v) is 23.2. The van der Waals surface area contributed by atoms with Gasteiger partial charge in [0, 0.05) is 57.4 Å². The van der Waals surface area contributed by atoms with Gasteiger partial charge in [0.1, 0.15) is 30.0 Å². The van der Waals surface area contributed by atoms with Crippen molar-refractivity contribution in [3.8, 4) is 0 Å². The molecule has 1 aromatic rings. The Labute approximate surface area is 381 Å². The number of aliphatic hydroxyl groups excluding tert-OH is 2. The van der Waals surface area contributed by atoms with Gasteiger partial charge in [0.05, 0.1) is 53.7 Å². The van der Waals surface area contributed by atoms with Gasteiger partial charge in [0.25, 0.3) is 0 Å². The van der Waals surface area contributed by atoms with Crippen LogP contribution in [0.25, 0.3) is 0 Å². The van der Waals surface area contributed by atoms with E-state index in [1.165, 1.54) is 14.0 Å². The van der Waals surface area contributed by atoms with Crippen LogP contribution in [0.2, 0.25) is 0 Å². The van der Waals surface area contributed by atoms with E-state index in [-0.39, 0.29) is 43.7 Å². The Balaban J connectivity index is 1.76. The normalized spacial score (nSPS) is 42.4. The summed E-state index contributed by atoms with van der Waals surface area (Å²) in [5.41, 5.74) is -3.72. The molecule has 0 unspecified atom stereocenters. The van der Waals surface area contributed by atoms with E-state index in [9.17, 15) is 30.0 Å². The summed E-state index contributed by atoms with van der Waals surface area (Å²) in [5.74, 6) is -3.34. The number of nitrogens with one attached hydrogen (secondary N) is 1. The van der Waals surface area contributed by atoms with Crippen molar-refractivity contribution in [1.82, 2.24) is 20.1 Å². The van der Waals surface area contributed by atoms with Crippen molar-refractivity contribution in [2.45, 2.75) is 198 Å². The fourth-order valence-electron chi connectivity index (χ4n) is 10.0. The highest BCUT2D eigenvalue weighted by Gasteiger charge is 2.53. The Morgan fingerprint density at radius 2 is 1.70 bits per heavy atom. The number of esters is 2. The van der Waals surface area contributed by atoms with Gasteiger partial charge in [-0.2, -0.15) is 0 Å². The van der Waals surface area contributed by atoms with Crippen LogP contribution in [0.3, 0.4) is 0 Å². The highest BCUT2D eigenvalue weighted by atomic mass is 16.7. The molecule has 4 rings (SSSR count). The molecule has 1 aromatic heterocycles. The van der Waals surface area contributed by atoms with Gasteiger partial charge < -0.3 is 63.8 Å². The number of ether oxygens (including phenoxy) is 7. The average molecular weight is 911 g/mol. The molecule has 5 N–H and O–H groups in total. The second-order valence-corrected chi connectivity index (χ2v) is 19.9. The smallest absolute Gasteiger partial charge is 0.311 e. The van der Waals surface area contributed by atoms with Gasteiger partial charge in [0.2, 0.25) is 0 Å². The van der Waals surface area contributed by atoms with Crippen molar-refractivity contribution in [1.29, 1.82) is 0 Å². The van der Waals surface area contributed by atoms with Crippen molar-refractivity contribution in [2.24, 2.45) is 17.8 Å². The number of nitrogens with zero attached hydrogens (tertiary/aromatic N) is 3. The number of hydrogen-bond acceptors (Lipinski definition) is 17. The summed E-state index contributed by atoms with van der Waals surface area (Å²) in [6.07, 6.45) is -6.88. The summed E-state index contributed by atoms with van der Waals surface area (Å²) in [4.78, 5) is 36.5. The van der Waals surface area contributed by atoms with Crippen LogP contribution >= 0.6 is 0 Å². The van der Waals surface area contributed by atoms with Gasteiger partial charge in [-0.1, -0.05) is 26.8 Å². The molecular formula is C47H82N4O13. The standard InChI is InChI=1S/C47H82N4O13/c1-15-35-47(10,57)42(62-36(52)19-21-48-25-33-18-16-17-20-49-33)31(6)51(13)26-27(2)23-45(8,56)41(64-44-38(53)34(50(11)12)22-28(3)59-44)29(4)39(30(5)43(55)61-35)63-37-24-46(9,58-14)40(54)32(7)60-37/h16-18,20,27-32,34-35,37-42,44,48,53-54,56-57H,15,19,21-26H2,1-14H3/t27-,28-,29+,30-,31-,32+,34+,35-,37+,38-,39+,40+,41-,42-,44+,45+,46-,47-/m1/s1. The average Bonchev–Trinajstić information content (AvgIpc) is 3.23. The number of methoxy groups -OCH3 is 1. The van der Waals surface area contributed by atoms with Crippen LogP contribution < -0.4 is 5.32 Å². The van der Waals surface area contributed by atoms with E-state index in [4.69, 9.17) is 33.2 Å². The lowest BCUT2D eigenvalue weighted by molar-refractivity contribution is -0.318. The molecule has 0 aliphatic carbocycles. The molecule has 0 aromatic carbocycles. The maximum Gasteiger partial charge on any atom is 0.311 e. The molecule has 64 heavy (non-hydrogen) atoms. The molecule has 3 fully saturated rings. The Morgan fingerprint density at radius 1 is 1.02 bits per heavy atom. The molecule has 18 atom stereocenters. The summed E-state index contributed by atoms with van der Waals surface area (Å²) in [5, 5.41) is 51.2. The first-order valence-electron chi connectivity index (χ1n) is 23.2. The molecular weight excluding hydrogens is 829 g/mol. The van der Waals surface area contributed by atoms with Crippen molar-refractivity contribution in [2.75, 3.05) is 41.3 Å². The quantitative estimate of drug-likeness (QED) is 0.142. The van der Waals surface area contributed by atoms with Gasteiger partial charge in [-0.25, -0.2) is 0 Å². The number of aromatic nitrogens is 1. The minimum absolute atomic E-state index is 0.00942. The maximum absolute atomic E-state index is 14.7. The fraction of sp³-hybridized carbons (Fsp3) is 0.851. The van der Waals surface area contributed by atoms with Crippen molar-refractivity contribution >= 4 is 11.9 Å². The zero-order chi connectivity index (χ0) is 47.9. The minimum Gasteiger partial charge on any atom is -0.459 e. The lowest BCUT2D eigenvalue weighted by atomic mass is 9.77. The molecule has 4 heterocycles. The predicted octanol–water partition coefficient (Wildman–Crippen LogP) is 3.03. The second-order valence-electron chi connectivity index (χ2n) is 19.9. The minimum atomic E-state index is -1.87. The third-order valence-corrected chi connectivity index (χ3v) is 14.0. The number of carbonyl (C=O) groups is 2. The lowest BCUT2D eigenvalue weighted by Gasteiger charge is -2.48. The molecule has 17 heteroatoms. The van der Waals surface area contributed by atoms with Crippen LogP contribution in [0.5, 0.6) is 0 Å². The zero-order valence-corrected chi connectivity index (χ0v) is 40.9. The second kappa shape index (κ2) is 23.1. The van der Waals surface area contributed by atoms with E-state index in [2.05, 4.69) is 10.3 Å². The highest BCUT2D eigenvalue weighted by molar-refractivity contribution is 5.73. The third kappa shape index (κ3) is 13.4. The largest absolute Gasteiger partial charge is 0.459 e. The number of aliphatic hydroxyl groups is 4. The molecule has 0 bridgehead atoms. The van der Waals surface area contributed by atoms with Crippen LogP contribution in [0.1, 0.15) is 107 Å². The summed E-state index contributed by atoms with van der Waals surface area (Å²) >= 11 is 0. The van der Waals surface area contributed by atoms with E-state index >= 15 is 0 Å². The Morgan fingerprint density at radius 3 is 2.31 bits per heavy atom. The van der Waals surface area contributed by atoms with E-state index in [0.717, 1.165) is 5.69 Å². The van der Waals surface area contributed by atoms with Crippen molar-refractivity contribution < 1.29 is 63.2 Å². The van der Waals surface area contributed by atoms with Gasteiger partial charge in [0.15, 0.2) is 12.6 Å². The van der Waals surface area contributed by atoms with Crippen LogP contribution in [0.15, 0.2) is 24.4 Å². The van der Waals surface area contributed by atoms with Crippen LogP contribution in [-0.4, -0.2) is 179 Å². The number of pyridine rings is 1. The Bertz CT molecular complexity index is 1610. The molecule has 0 amide bonds. The molecule has 17 nitrogen and oxygen atoms in total. The summed E-state index contributed by atoms with van der Waals surface area (Å²) in [6.45, 7) is 18.8. The van der Waals surface area contributed by atoms with Gasteiger partial charge in [-0.05, 0) is 107 Å². The van der Waals surface area contributed by atoms with Gasteiger partial charge >= 0.3 is 11.9 Å². The van der Waals surface area contributed by atoms with E-state index < -0.39 is 102 Å². The number of rotatable bonds is 13. The fourth-order valence-corrected chi connectivity index (χ4v) is 10.0. The lowest BCUT2D eigenvalue weighted by Crippen LogP contribution is -2.61.